The number of aliphatic carboxylic acids is 1. The number of aromatic nitrogens is 1. The van der Waals surface area contributed by atoms with Gasteiger partial charge in [-0.15, -0.1) is 23.1 Å². The summed E-state index contributed by atoms with van der Waals surface area (Å²) in [5.41, 5.74) is 12.3. The number of carbonyl (C=O) groups excluding carboxylic acids is 3. The first kappa shape index (κ1) is 24.3. The molecule has 0 aliphatic carbocycles. The Balaban J connectivity index is 1.53. The number of hydrogen-bond donors (Lipinski definition) is 4. The second kappa shape index (κ2) is 10.2. The van der Waals surface area contributed by atoms with Gasteiger partial charge in [-0.05, 0) is 12.0 Å². The molecule has 1 saturated heterocycles. The summed E-state index contributed by atoms with van der Waals surface area (Å²) in [4.78, 5) is 54.2. The fraction of sp³-hybridized carbons (Fsp3) is 0.227. The Hall–Kier alpha value is -3.84. The fourth-order valence-corrected chi connectivity index (χ4v) is 5.62. The van der Waals surface area contributed by atoms with Crippen LogP contribution in [-0.2, 0) is 25.5 Å². The van der Waals surface area contributed by atoms with Gasteiger partial charge in [0, 0.05) is 16.7 Å². The number of β-lactam (4-membered cyclic amide) rings is 1. The summed E-state index contributed by atoms with van der Waals surface area (Å²) in [6.45, 7) is -0.338. The van der Waals surface area contributed by atoms with E-state index >= 15 is 0 Å². The van der Waals surface area contributed by atoms with Crippen molar-refractivity contribution in [2.45, 2.75) is 17.8 Å². The number of anilines is 1. The molecule has 182 valence electrons. The zero-order valence-electron chi connectivity index (χ0n) is 18.2. The van der Waals surface area contributed by atoms with Crippen LogP contribution in [0.5, 0.6) is 0 Å². The molecule has 11 nitrogen and oxygen atoms in total. The molecule has 6 N–H and O–H groups in total. The summed E-state index contributed by atoms with van der Waals surface area (Å²) < 4.78 is 4.71. The van der Waals surface area contributed by atoms with Gasteiger partial charge in [0.15, 0.2) is 5.13 Å². The molecule has 1 aromatic carbocycles. The van der Waals surface area contributed by atoms with Crippen LogP contribution in [-0.4, -0.2) is 62.6 Å². The average molecular weight is 516 g/mol. The van der Waals surface area contributed by atoms with Crippen molar-refractivity contribution >= 4 is 57.7 Å². The van der Waals surface area contributed by atoms with Crippen LogP contribution in [0.4, 0.5) is 9.93 Å². The largest absolute Gasteiger partial charge is 0.477 e. The van der Waals surface area contributed by atoms with Gasteiger partial charge >= 0.3 is 12.1 Å². The molecule has 4 rings (SSSR count). The van der Waals surface area contributed by atoms with Crippen molar-refractivity contribution < 1.29 is 29.0 Å². The summed E-state index contributed by atoms with van der Waals surface area (Å²) in [5, 5.41) is 13.7. The number of primary amides is 1. The number of nitrogens with two attached hydrogens (primary N) is 2. The number of thioether (sulfide) groups is 1. The number of rotatable bonds is 8. The lowest BCUT2D eigenvalue weighted by molar-refractivity contribution is -0.150. The second-order valence-corrected chi connectivity index (χ2v) is 9.60. The minimum Gasteiger partial charge on any atom is -0.477 e. The van der Waals surface area contributed by atoms with Crippen LogP contribution in [0.15, 0.2) is 53.1 Å². The molecule has 13 heteroatoms. The van der Waals surface area contributed by atoms with E-state index in [-0.39, 0.29) is 29.2 Å². The van der Waals surface area contributed by atoms with Gasteiger partial charge in [-0.3, -0.25) is 14.5 Å². The lowest BCUT2D eigenvalue weighted by Crippen LogP contribution is -2.70. The van der Waals surface area contributed by atoms with Crippen molar-refractivity contribution in [3.63, 3.8) is 0 Å². The Morgan fingerprint density at radius 2 is 2.03 bits per heavy atom. The molecule has 2 aliphatic heterocycles. The number of nitrogen functional groups attached to an aromatic ring is 1. The van der Waals surface area contributed by atoms with Gasteiger partial charge in [-0.2, -0.15) is 0 Å². The van der Waals surface area contributed by atoms with Crippen LogP contribution in [0, 0.1) is 0 Å². The first-order chi connectivity index (χ1) is 16.8. The van der Waals surface area contributed by atoms with Crippen molar-refractivity contribution in [3.05, 3.63) is 64.3 Å². The number of carboxylic acids is 1. The summed E-state index contributed by atoms with van der Waals surface area (Å²) in [5.74, 6) is -2.24. The third kappa shape index (κ3) is 5.15. The van der Waals surface area contributed by atoms with E-state index in [1.807, 2.05) is 30.3 Å². The van der Waals surface area contributed by atoms with E-state index < -0.39 is 35.3 Å². The molecule has 0 bridgehead atoms. The molecule has 0 spiro atoms. The number of nitrogens with one attached hydrogen (secondary N) is 1. The van der Waals surface area contributed by atoms with Crippen LogP contribution in [0.3, 0.4) is 0 Å². The highest BCUT2D eigenvalue weighted by Gasteiger charge is 2.54. The lowest BCUT2D eigenvalue weighted by Gasteiger charge is -2.49. The predicted octanol–water partition coefficient (Wildman–Crippen LogP) is 1.19. The smallest absolute Gasteiger partial charge is 0.404 e. The molecule has 2 aliphatic rings. The van der Waals surface area contributed by atoms with Gasteiger partial charge in [-0.25, -0.2) is 14.6 Å². The molecule has 1 aromatic heterocycles. The molecule has 2 aromatic rings. The van der Waals surface area contributed by atoms with Crippen molar-refractivity contribution in [2.75, 3.05) is 18.1 Å². The monoisotopic (exact) mass is 515 g/mol. The number of thiazole rings is 1. The maximum atomic E-state index is 13.2. The SMILES string of the molecule is NC(=O)OCC1=C(C(=O)O)N2C(=O)[C@@H](NC(=O)/C(=C\Cc3ccccc3)c3csc(N)n3)[C@H]2SC1. The van der Waals surface area contributed by atoms with E-state index in [0.29, 0.717) is 17.2 Å². The molecule has 35 heavy (non-hydrogen) atoms. The van der Waals surface area contributed by atoms with Crippen LogP contribution in [0.1, 0.15) is 11.3 Å². The molecule has 0 unspecified atom stereocenters. The number of carbonyl (C=O) groups is 4. The average Bonchev–Trinajstić information content (AvgIpc) is 3.26. The summed E-state index contributed by atoms with van der Waals surface area (Å²) in [6, 6.07) is 8.59. The molecule has 2 atom stereocenters. The molecule has 0 saturated carbocycles. The first-order valence-electron chi connectivity index (χ1n) is 10.3. The molecular formula is C22H21N5O6S2. The molecule has 0 radical (unpaired) electrons. The second-order valence-electron chi connectivity index (χ2n) is 7.60. The molecular weight excluding hydrogens is 494 g/mol. The third-order valence-electron chi connectivity index (χ3n) is 5.35. The Morgan fingerprint density at radius 1 is 1.29 bits per heavy atom. The number of fused-ring (bicyclic) bond motifs is 1. The highest BCUT2D eigenvalue weighted by atomic mass is 32.2. The van der Waals surface area contributed by atoms with E-state index in [2.05, 4.69) is 10.3 Å². The minimum atomic E-state index is -1.34. The standard InChI is InChI=1S/C22H21N5O6S2/c23-21-25-14(10-35-21)13(7-6-11-4-2-1-3-5-11)17(28)26-15-18(29)27-16(20(30)31)12(8-33-22(24)32)9-34-19(15)27/h1-5,7,10,15,19H,6,8-9H2,(H2,23,25)(H2,24,32)(H,26,28)(H,30,31)/b13-7-/t15-,19-/m1/s1. The highest BCUT2D eigenvalue weighted by molar-refractivity contribution is 8.00. The topological polar surface area (TPSA) is 178 Å². The van der Waals surface area contributed by atoms with Gasteiger partial charge in [0.25, 0.3) is 11.8 Å². The molecule has 3 amide bonds. The zero-order valence-corrected chi connectivity index (χ0v) is 19.8. The summed E-state index contributed by atoms with van der Waals surface area (Å²) >= 11 is 2.44. The van der Waals surface area contributed by atoms with E-state index in [9.17, 15) is 24.3 Å². The highest BCUT2D eigenvalue weighted by Crippen LogP contribution is 2.40. The first-order valence-corrected chi connectivity index (χ1v) is 12.3. The van der Waals surface area contributed by atoms with E-state index in [1.54, 1.807) is 11.5 Å². The van der Waals surface area contributed by atoms with Gasteiger partial charge in [-0.1, -0.05) is 36.4 Å². The van der Waals surface area contributed by atoms with Crippen LogP contribution in [0.25, 0.3) is 5.57 Å². The Morgan fingerprint density at radius 3 is 2.66 bits per heavy atom. The van der Waals surface area contributed by atoms with E-state index in [4.69, 9.17) is 16.2 Å². The normalized spacial score (nSPS) is 19.6. The van der Waals surface area contributed by atoms with E-state index in [1.165, 1.54) is 23.1 Å². The summed E-state index contributed by atoms with van der Waals surface area (Å²) in [7, 11) is 0. The van der Waals surface area contributed by atoms with Crippen LogP contribution >= 0.6 is 23.1 Å². The number of carboxylic acid groups (broad SMARTS) is 1. The van der Waals surface area contributed by atoms with Crippen molar-refractivity contribution in [1.82, 2.24) is 15.2 Å². The Bertz CT molecular complexity index is 1240. The molecule has 3 heterocycles. The fourth-order valence-electron chi connectivity index (χ4n) is 3.73. The maximum absolute atomic E-state index is 13.2. The van der Waals surface area contributed by atoms with Crippen LogP contribution in [0.2, 0.25) is 0 Å². The number of amides is 3. The molecule has 1 fully saturated rings. The van der Waals surface area contributed by atoms with Crippen molar-refractivity contribution in [3.8, 4) is 0 Å². The third-order valence-corrected chi connectivity index (χ3v) is 7.37. The van der Waals surface area contributed by atoms with Crippen molar-refractivity contribution in [2.24, 2.45) is 5.73 Å². The number of nitrogens with zero attached hydrogens (tertiary/aromatic N) is 2. The Labute approximate surface area is 207 Å². The number of ether oxygens (including phenoxy) is 1. The van der Waals surface area contributed by atoms with Crippen LogP contribution < -0.4 is 16.8 Å². The van der Waals surface area contributed by atoms with Gasteiger partial charge in [0.1, 0.15) is 23.7 Å². The quantitative estimate of drug-likeness (QED) is 0.297. The number of hydrogen-bond acceptors (Lipinski definition) is 9. The van der Waals surface area contributed by atoms with Crippen molar-refractivity contribution in [1.29, 1.82) is 0 Å². The number of benzene rings is 1. The minimum absolute atomic E-state index is 0.190. The summed E-state index contributed by atoms with van der Waals surface area (Å²) in [6.07, 6.45) is 1.13. The predicted molar refractivity (Wildman–Crippen MR) is 130 cm³/mol. The maximum Gasteiger partial charge on any atom is 0.404 e. The van der Waals surface area contributed by atoms with Gasteiger partial charge < -0.3 is 26.6 Å². The van der Waals surface area contributed by atoms with Gasteiger partial charge in [0.05, 0.1) is 11.3 Å². The zero-order chi connectivity index (χ0) is 25.1. The Kier molecular flexibility index (Phi) is 7.07. The number of allylic oxidation sites excluding steroid dienone is 1. The lowest BCUT2D eigenvalue weighted by atomic mass is 10.0. The van der Waals surface area contributed by atoms with E-state index in [0.717, 1.165) is 10.5 Å². The van der Waals surface area contributed by atoms with Gasteiger partial charge in [0.2, 0.25) is 0 Å².